The fourth-order valence-electron chi connectivity index (χ4n) is 1.12. The average Bonchev–Trinajstić information content (AvgIpc) is 2.24. The lowest BCUT2D eigenvalue weighted by atomic mass is 10.1. The van der Waals surface area contributed by atoms with Crippen LogP contribution in [0.25, 0.3) is 0 Å². The molecule has 0 spiro atoms. The molecule has 0 aliphatic rings. The van der Waals surface area contributed by atoms with Gasteiger partial charge < -0.3 is 15.2 Å². The van der Waals surface area contributed by atoms with Gasteiger partial charge in [0.15, 0.2) is 6.61 Å². The van der Waals surface area contributed by atoms with Gasteiger partial charge in [-0.2, -0.15) is 18.4 Å². The molecule has 0 bridgehead atoms. The van der Waals surface area contributed by atoms with Gasteiger partial charge in [-0.25, -0.2) is 0 Å². The van der Waals surface area contributed by atoms with Crippen molar-refractivity contribution in [3.63, 3.8) is 0 Å². The molecular formula is C10H9F3N2O2. The summed E-state index contributed by atoms with van der Waals surface area (Å²) >= 11 is 0. The normalized spacial score (nSPS) is 10.8. The molecule has 0 heterocycles. The fourth-order valence-corrected chi connectivity index (χ4v) is 1.12. The zero-order chi connectivity index (χ0) is 13.1. The van der Waals surface area contributed by atoms with Gasteiger partial charge in [0.1, 0.15) is 23.1 Å². The summed E-state index contributed by atoms with van der Waals surface area (Å²) in [6.45, 7) is -1.49. The van der Waals surface area contributed by atoms with E-state index in [-0.39, 0.29) is 22.7 Å². The third-order valence-corrected chi connectivity index (χ3v) is 1.85. The summed E-state index contributed by atoms with van der Waals surface area (Å²) in [5.74, 6) is -0.0275. The second-order valence-corrected chi connectivity index (χ2v) is 3.11. The van der Waals surface area contributed by atoms with Gasteiger partial charge >= 0.3 is 6.18 Å². The van der Waals surface area contributed by atoms with Gasteiger partial charge in [-0.15, -0.1) is 0 Å². The van der Waals surface area contributed by atoms with Gasteiger partial charge in [-0.05, 0) is 0 Å². The van der Waals surface area contributed by atoms with Crippen LogP contribution < -0.4 is 15.2 Å². The SMILES string of the molecule is COc1cc(N)c(C#N)c(OCC(F)(F)F)c1. The summed E-state index contributed by atoms with van der Waals surface area (Å²) in [7, 11) is 1.33. The monoisotopic (exact) mass is 246 g/mol. The van der Waals surface area contributed by atoms with Crippen LogP contribution in [0.4, 0.5) is 18.9 Å². The standard InChI is InChI=1S/C10H9F3N2O2/c1-16-6-2-8(15)7(4-14)9(3-6)17-5-10(11,12)13/h2-3H,5,15H2,1H3. The van der Waals surface area contributed by atoms with E-state index in [0.717, 1.165) is 0 Å². The third-order valence-electron chi connectivity index (χ3n) is 1.85. The Balaban J connectivity index is 3.04. The highest BCUT2D eigenvalue weighted by molar-refractivity contribution is 5.64. The van der Waals surface area contributed by atoms with Crippen LogP contribution in [0.3, 0.4) is 0 Å². The first-order valence-electron chi connectivity index (χ1n) is 4.44. The van der Waals surface area contributed by atoms with Gasteiger partial charge in [-0.3, -0.25) is 0 Å². The van der Waals surface area contributed by atoms with Crippen LogP contribution in [0, 0.1) is 11.3 Å². The van der Waals surface area contributed by atoms with E-state index in [9.17, 15) is 13.2 Å². The number of hydrogen-bond acceptors (Lipinski definition) is 4. The number of nitrogens with two attached hydrogens (primary N) is 1. The molecule has 17 heavy (non-hydrogen) atoms. The molecule has 0 atom stereocenters. The van der Waals surface area contributed by atoms with Crippen LogP contribution in [-0.2, 0) is 0 Å². The predicted octanol–water partition coefficient (Wildman–Crippen LogP) is 2.09. The van der Waals surface area contributed by atoms with E-state index in [1.807, 2.05) is 0 Å². The van der Waals surface area contributed by atoms with Crippen molar-refractivity contribution in [3.05, 3.63) is 17.7 Å². The van der Waals surface area contributed by atoms with Gasteiger partial charge in [0.05, 0.1) is 12.8 Å². The van der Waals surface area contributed by atoms with Crippen LogP contribution in [0.1, 0.15) is 5.56 Å². The van der Waals surface area contributed by atoms with E-state index < -0.39 is 12.8 Å². The second kappa shape index (κ2) is 4.82. The van der Waals surface area contributed by atoms with Crippen molar-refractivity contribution < 1.29 is 22.6 Å². The Bertz CT molecular complexity index is 452. The molecule has 0 aliphatic heterocycles. The Morgan fingerprint density at radius 2 is 2.06 bits per heavy atom. The first-order chi connectivity index (χ1) is 7.87. The van der Waals surface area contributed by atoms with Crippen molar-refractivity contribution in [2.24, 2.45) is 0 Å². The number of alkyl halides is 3. The van der Waals surface area contributed by atoms with Crippen molar-refractivity contribution in [1.29, 1.82) is 5.26 Å². The number of hydrogen-bond donors (Lipinski definition) is 1. The van der Waals surface area contributed by atoms with E-state index in [1.54, 1.807) is 6.07 Å². The first kappa shape index (κ1) is 13.0. The van der Waals surface area contributed by atoms with Crippen LogP contribution in [0.5, 0.6) is 11.5 Å². The topological polar surface area (TPSA) is 68.3 Å². The molecule has 1 rings (SSSR count). The van der Waals surface area contributed by atoms with Gasteiger partial charge in [-0.1, -0.05) is 0 Å². The van der Waals surface area contributed by atoms with Crippen molar-refractivity contribution in [3.8, 4) is 17.6 Å². The number of halogens is 3. The number of anilines is 1. The number of rotatable bonds is 3. The molecule has 1 aromatic carbocycles. The lowest BCUT2D eigenvalue weighted by Gasteiger charge is -2.12. The summed E-state index contributed by atoms with van der Waals surface area (Å²) in [6, 6.07) is 4.19. The Morgan fingerprint density at radius 3 is 2.53 bits per heavy atom. The molecular weight excluding hydrogens is 237 g/mol. The summed E-state index contributed by atoms with van der Waals surface area (Å²) in [5.41, 5.74) is 5.34. The van der Waals surface area contributed by atoms with E-state index in [0.29, 0.717) is 0 Å². The Labute approximate surface area is 95.3 Å². The molecule has 0 aliphatic carbocycles. The number of benzene rings is 1. The number of nitriles is 1. The van der Waals surface area contributed by atoms with Crippen molar-refractivity contribution >= 4 is 5.69 Å². The van der Waals surface area contributed by atoms with Crippen LogP contribution >= 0.6 is 0 Å². The van der Waals surface area contributed by atoms with Crippen molar-refractivity contribution in [2.45, 2.75) is 6.18 Å². The van der Waals surface area contributed by atoms with E-state index in [4.69, 9.17) is 15.7 Å². The lowest BCUT2D eigenvalue weighted by molar-refractivity contribution is -0.153. The van der Waals surface area contributed by atoms with Crippen molar-refractivity contribution in [1.82, 2.24) is 0 Å². The minimum absolute atomic E-state index is 0.00373. The van der Waals surface area contributed by atoms with Crippen LogP contribution in [0.2, 0.25) is 0 Å². The molecule has 0 aromatic heterocycles. The van der Waals surface area contributed by atoms with Crippen LogP contribution in [0.15, 0.2) is 12.1 Å². The molecule has 0 amide bonds. The Morgan fingerprint density at radius 1 is 1.41 bits per heavy atom. The summed E-state index contributed by atoms with van der Waals surface area (Å²) < 4.78 is 45.3. The van der Waals surface area contributed by atoms with Gasteiger partial charge in [0.25, 0.3) is 0 Å². The Hall–Kier alpha value is -2.10. The molecule has 0 unspecified atom stereocenters. The number of nitrogen functional groups attached to an aromatic ring is 1. The molecule has 7 heteroatoms. The average molecular weight is 246 g/mol. The molecule has 1 aromatic rings. The Kier molecular flexibility index (Phi) is 3.68. The summed E-state index contributed by atoms with van der Waals surface area (Å²) in [6.07, 6.45) is -4.48. The minimum atomic E-state index is -4.48. The summed E-state index contributed by atoms with van der Waals surface area (Å²) in [5, 5.41) is 8.76. The first-order valence-corrected chi connectivity index (χ1v) is 4.44. The maximum atomic E-state index is 12.0. The maximum absolute atomic E-state index is 12.0. The smallest absolute Gasteiger partial charge is 0.422 e. The highest BCUT2D eigenvalue weighted by Crippen LogP contribution is 2.31. The number of ether oxygens (including phenoxy) is 2. The largest absolute Gasteiger partial charge is 0.497 e. The van der Waals surface area contributed by atoms with Gasteiger partial charge in [0, 0.05) is 12.1 Å². The van der Waals surface area contributed by atoms with Gasteiger partial charge in [0.2, 0.25) is 0 Å². The zero-order valence-electron chi connectivity index (χ0n) is 8.84. The molecule has 0 saturated heterocycles. The summed E-state index contributed by atoms with van der Waals surface area (Å²) in [4.78, 5) is 0. The third kappa shape index (κ3) is 3.45. The zero-order valence-corrected chi connectivity index (χ0v) is 8.84. The fraction of sp³-hybridized carbons (Fsp3) is 0.300. The highest BCUT2D eigenvalue weighted by Gasteiger charge is 2.29. The molecule has 4 nitrogen and oxygen atoms in total. The molecule has 0 radical (unpaired) electrons. The molecule has 2 N–H and O–H groups in total. The van der Waals surface area contributed by atoms with E-state index >= 15 is 0 Å². The molecule has 0 saturated carbocycles. The quantitative estimate of drug-likeness (QED) is 0.829. The number of methoxy groups -OCH3 is 1. The van der Waals surface area contributed by atoms with Crippen LogP contribution in [-0.4, -0.2) is 19.9 Å². The number of nitrogens with zero attached hydrogens (tertiary/aromatic N) is 1. The highest BCUT2D eigenvalue weighted by atomic mass is 19.4. The van der Waals surface area contributed by atoms with Crippen molar-refractivity contribution in [2.75, 3.05) is 19.5 Å². The predicted molar refractivity (Wildman–Crippen MR) is 53.7 cm³/mol. The molecule has 0 fully saturated rings. The maximum Gasteiger partial charge on any atom is 0.422 e. The minimum Gasteiger partial charge on any atom is -0.497 e. The van der Waals surface area contributed by atoms with E-state index in [1.165, 1.54) is 19.2 Å². The lowest BCUT2D eigenvalue weighted by Crippen LogP contribution is -2.19. The second-order valence-electron chi connectivity index (χ2n) is 3.11. The molecule has 92 valence electrons. The van der Waals surface area contributed by atoms with E-state index in [2.05, 4.69) is 4.74 Å².